The quantitative estimate of drug-likeness (QED) is 0.400. The van der Waals surface area contributed by atoms with Crippen LogP contribution in [-0.2, 0) is 13.0 Å². The lowest BCUT2D eigenvalue weighted by Crippen LogP contribution is -2.11. The van der Waals surface area contributed by atoms with E-state index in [0.717, 1.165) is 40.8 Å². The second kappa shape index (κ2) is 6.52. The Labute approximate surface area is 168 Å². The molecule has 4 heteroatoms. The highest BCUT2D eigenvalue weighted by molar-refractivity contribution is 5.99. The largest absolute Gasteiger partial charge is 0.268 e. The molecule has 0 fully saturated rings. The highest BCUT2D eigenvalue weighted by Gasteiger charge is 2.24. The van der Waals surface area contributed by atoms with E-state index in [9.17, 15) is 0 Å². The number of hydrogen-bond donors (Lipinski definition) is 0. The van der Waals surface area contributed by atoms with Gasteiger partial charge in [0.15, 0.2) is 0 Å². The van der Waals surface area contributed by atoms with E-state index in [1.165, 1.54) is 35.0 Å². The monoisotopic (exact) mass is 376 g/mol. The van der Waals surface area contributed by atoms with Crippen LogP contribution in [0.4, 0.5) is 0 Å². The van der Waals surface area contributed by atoms with E-state index < -0.39 is 0 Å². The average molecular weight is 376 g/mol. The van der Waals surface area contributed by atoms with Gasteiger partial charge in [0.1, 0.15) is 5.69 Å². The van der Waals surface area contributed by atoms with Crippen LogP contribution in [0.5, 0.6) is 0 Å². The standard InChI is InChI=1S/C25H20N4/c1-3-9-20-17(7-1)12-13-22(27-20)25-24(23-11-5-6-16-29(23)28-25)19-14-15-26-21-10-4-2-8-18(19)21/h1-4,7-10,12-15H,5-6,11,16H2. The Balaban J connectivity index is 1.66. The summed E-state index contributed by atoms with van der Waals surface area (Å²) in [6.45, 7) is 0.971. The summed E-state index contributed by atoms with van der Waals surface area (Å²) in [4.78, 5) is 9.53. The first kappa shape index (κ1) is 16.4. The molecule has 0 saturated carbocycles. The van der Waals surface area contributed by atoms with Gasteiger partial charge in [0.2, 0.25) is 0 Å². The third-order valence-corrected chi connectivity index (χ3v) is 5.85. The molecule has 2 aromatic carbocycles. The van der Waals surface area contributed by atoms with Gasteiger partial charge in [-0.15, -0.1) is 0 Å². The highest BCUT2D eigenvalue weighted by Crippen LogP contribution is 2.39. The van der Waals surface area contributed by atoms with E-state index in [1.807, 2.05) is 24.4 Å². The molecular formula is C25H20N4. The molecule has 5 aromatic rings. The number of aryl methyl sites for hydroxylation is 1. The third kappa shape index (κ3) is 2.64. The van der Waals surface area contributed by atoms with Crippen molar-refractivity contribution < 1.29 is 0 Å². The smallest absolute Gasteiger partial charge is 0.119 e. The first-order valence-electron chi connectivity index (χ1n) is 10.2. The first-order chi connectivity index (χ1) is 14.4. The normalized spacial score (nSPS) is 13.7. The second-order valence-corrected chi connectivity index (χ2v) is 7.62. The SMILES string of the molecule is c1ccc2nc(-c3nn4c(c3-c3ccnc5ccccc35)CCCC4)ccc2c1. The van der Waals surface area contributed by atoms with Crippen LogP contribution in [0.15, 0.2) is 72.9 Å². The molecule has 0 atom stereocenters. The van der Waals surface area contributed by atoms with Crippen LogP contribution < -0.4 is 0 Å². The number of nitrogens with zero attached hydrogens (tertiary/aromatic N) is 4. The number of aromatic nitrogens is 4. The van der Waals surface area contributed by atoms with E-state index in [-0.39, 0.29) is 0 Å². The lowest BCUT2D eigenvalue weighted by Gasteiger charge is -2.15. The molecule has 4 heterocycles. The zero-order valence-electron chi connectivity index (χ0n) is 16.0. The highest BCUT2D eigenvalue weighted by atomic mass is 15.3. The van der Waals surface area contributed by atoms with Crippen LogP contribution in [0, 0.1) is 0 Å². The predicted molar refractivity (Wildman–Crippen MR) is 117 cm³/mol. The Morgan fingerprint density at radius 1 is 0.793 bits per heavy atom. The molecule has 0 spiro atoms. The third-order valence-electron chi connectivity index (χ3n) is 5.85. The number of rotatable bonds is 2. The van der Waals surface area contributed by atoms with Gasteiger partial charge in [-0.3, -0.25) is 9.67 Å². The van der Waals surface area contributed by atoms with Crippen molar-refractivity contribution in [3.63, 3.8) is 0 Å². The second-order valence-electron chi connectivity index (χ2n) is 7.62. The van der Waals surface area contributed by atoms with Gasteiger partial charge in [0, 0.05) is 34.8 Å². The molecule has 140 valence electrons. The van der Waals surface area contributed by atoms with Crippen molar-refractivity contribution in [1.82, 2.24) is 19.7 Å². The molecule has 3 aromatic heterocycles. The van der Waals surface area contributed by atoms with Crippen LogP contribution in [0.3, 0.4) is 0 Å². The van der Waals surface area contributed by atoms with Crippen LogP contribution >= 0.6 is 0 Å². The summed E-state index contributed by atoms with van der Waals surface area (Å²) in [5.74, 6) is 0. The molecule has 29 heavy (non-hydrogen) atoms. The molecule has 0 aliphatic carbocycles. The number of para-hydroxylation sites is 2. The van der Waals surface area contributed by atoms with Gasteiger partial charge in [-0.05, 0) is 49.1 Å². The van der Waals surface area contributed by atoms with E-state index in [2.05, 4.69) is 58.2 Å². The van der Waals surface area contributed by atoms with Crippen LogP contribution in [-0.4, -0.2) is 19.7 Å². The average Bonchev–Trinajstić information content (AvgIpc) is 3.18. The molecule has 4 nitrogen and oxygen atoms in total. The minimum Gasteiger partial charge on any atom is -0.268 e. The predicted octanol–water partition coefficient (Wildman–Crippen LogP) is 5.65. The van der Waals surface area contributed by atoms with Gasteiger partial charge in [-0.2, -0.15) is 5.10 Å². The van der Waals surface area contributed by atoms with Crippen molar-refractivity contribution in [1.29, 1.82) is 0 Å². The van der Waals surface area contributed by atoms with Gasteiger partial charge in [-0.1, -0.05) is 42.5 Å². The molecule has 0 N–H and O–H groups in total. The Morgan fingerprint density at radius 2 is 1.66 bits per heavy atom. The topological polar surface area (TPSA) is 43.6 Å². The summed E-state index contributed by atoms with van der Waals surface area (Å²) in [5, 5.41) is 7.36. The minimum absolute atomic E-state index is 0.932. The summed E-state index contributed by atoms with van der Waals surface area (Å²) in [6, 6.07) is 23.0. The van der Waals surface area contributed by atoms with Gasteiger partial charge in [0.25, 0.3) is 0 Å². The Kier molecular flexibility index (Phi) is 3.69. The Hall–Kier alpha value is -3.53. The Bertz CT molecular complexity index is 1360. The van der Waals surface area contributed by atoms with Crippen molar-refractivity contribution in [3.05, 3.63) is 78.6 Å². The fourth-order valence-electron chi connectivity index (χ4n) is 4.46. The minimum atomic E-state index is 0.932. The maximum Gasteiger partial charge on any atom is 0.119 e. The van der Waals surface area contributed by atoms with Crippen molar-refractivity contribution in [3.8, 4) is 22.5 Å². The van der Waals surface area contributed by atoms with Crippen molar-refractivity contribution in [2.45, 2.75) is 25.8 Å². The summed E-state index contributed by atoms with van der Waals surface area (Å²) in [5.41, 5.74) is 7.65. The number of benzene rings is 2. The van der Waals surface area contributed by atoms with E-state index >= 15 is 0 Å². The lowest BCUT2D eigenvalue weighted by molar-refractivity contribution is 0.487. The number of hydrogen-bond acceptors (Lipinski definition) is 3. The Morgan fingerprint density at radius 3 is 2.62 bits per heavy atom. The molecule has 0 radical (unpaired) electrons. The van der Waals surface area contributed by atoms with Gasteiger partial charge >= 0.3 is 0 Å². The lowest BCUT2D eigenvalue weighted by atomic mass is 9.95. The van der Waals surface area contributed by atoms with Crippen molar-refractivity contribution >= 4 is 21.8 Å². The zero-order valence-corrected chi connectivity index (χ0v) is 16.0. The fourth-order valence-corrected chi connectivity index (χ4v) is 4.46. The molecule has 0 amide bonds. The maximum atomic E-state index is 5.04. The van der Waals surface area contributed by atoms with Crippen LogP contribution in [0.25, 0.3) is 44.3 Å². The van der Waals surface area contributed by atoms with Gasteiger partial charge in [-0.25, -0.2) is 4.98 Å². The van der Waals surface area contributed by atoms with Crippen molar-refractivity contribution in [2.75, 3.05) is 0 Å². The molecule has 1 aliphatic rings. The fraction of sp³-hybridized carbons (Fsp3) is 0.160. The van der Waals surface area contributed by atoms with E-state index in [4.69, 9.17) is 10.1 Å². The summed E-state index contributed by atoms with van der Waals surface area (Å²) in [6.07, 6.45) is 5.33. The number of pyridine rings is 2. The molecule has 6 rings (SSSR count). The zero-order chi connectivity index (χ0) is 19.2. The van der Waals surface area contributed by atoms with Gasteiger partial charge in [0.05, 0.1) is 16.7 Å². The van der Waals surface area contributed by atoms with Crippen LogP contribution in [0.1, 0.15) is 18.5 Å². The number of fused-ring (bicyclic) bond motifs is 3. The van der Waals surface area contributed by atoms with Crippen LogP contribution in [0.2, 0.25) is 0 Å². The first-order valence-corrected chi connectivity index (χ1v) is 10.2. The van der Waals surface area contributed by atoms with E-state index in [1.54, 1.807) is 0 Å². The molecule has 0 saturated heterocycles. The van der Waals surface area contributed by atoms with Gasteiger partial charge < -0.3 is 0 Å². The molecular weight excluding hydrogens is 356 g/mol. The summed E-state index contributed by atoms with van der Waals surface area (Å²) in [7, 11) is 0. The molecule has 0 bridgehead atoms. The molecule has 0 unspecified atom stereocenters. The summed E-state index contributed by atoms with van der Waals surface area (Å²) >= 11 is 0. The van der Waals surface area contributed by atoms with E-state index in [0.29, 0.717) is 0 Å². The maximum absolute atomic E-state index is 5.04. The van der Waals surface area contributed by atoms with Crippen molar-refractivity contribution in [2.24, 2.45) is 0 Å². The summed E-state index contributed by atoms with van der Waals surface area (Å²) < 4.78 is 2.19. The molecule has 1 aliphatic heterocycles.